The Hall–Kier alpha value is -1.82. The van der Waals surface area contributed by atoms with Crippen molar-refractivity contribution in [1.82, 2.24) is 19.7 Å². The minimum Gasteiger partial charge on any atom is -0.462 e. The number of nitrogens with zero attached hydrogens (tertiary/aromatic N) is 1. The van der Waals surface area contributed by atoms with Crippen LogP contribution in [0.4, 0.5) is 8.78 Å². The van der Waals surface area contributed by atoms with Gasteiger partial charge in [-0.15, -0.1) is 0 Å². The molecule has 14 nitrogen and oxygen atoms in total. The summed E-state index contributed by atoms with van der Waals surface area (Å²) < 4.78 is 50.9. The number of halogens is 3. The average molecular weight is 651 g/mol. The maximum Gasteiger partial charge on any atom is 0.330 e. The van der Waals surface area contributed by atoms with Crippen LogP contribution in [0.2, 0.25) is 5.02 Å². The highest BCUT2D eigenvalue weighted by molar-refractivity contribution is 8.10. The number of aliphatic hydroxyl groups excluding tert-OH is 2. The molecular weight excluding hydrogens is 617 g/mol. The van der Waals surface area contributed by atoms with Gasteiger partial charge in [0.2, 0.25) is 0 Å². The van der Waals surface area contributed by atoms with E-state index in [1.165, 1.54) is 13.8 Å². The number of aliphatic hydroxyl groups is 2. The van der Waals surface area contributed by atoms with E-state index in [-0.39, 0.29) is 0 Å². The number of carbonyl (C=O) groups is 2. The molecule has 1 aromatic heterocycles. The van der Waals surface area contributed by atoms with E-state index < -0.39 is 96.1 Å². The number of aromatic amines is 1. The van der Waals surface area contributed by atoms with E-state index in [1.807, 2.05) is 4.98 Å². The van der Waals surface area contributed by atoms with Gasteiger partial charge in [0, 0.05) is 6.20 Å². The van der Waals surface area contributed by atoms with E-state index >= 15 is 0 Å². The molecule has 1 aliphatic rings. The van der Waals surface area contributed by atoms with Gasteiger partial charge in [-0.05, 0) is 53.3 Å². The molecule has 0 bridgehead atoms. The van der Waals surface area contributed by atoms with Crippen molar-refractivity contribution in [2.75, 3.05) is 6.61 Å². The number of aromatic nitrogens is 2. The number of hydrogen-bond acceptors (Lipinski definition) is 11. The van der Waals surface area contributed by atoms with Gasteiger partial charge in [0.25, 0.3) is 12.0 Å². The molecule has 0 radical (unpaired) electrons. The van der Waals surface area contributed by atoms with E-state index in [0.717, 1.165) is 6.20 Å². The lowest BCUT2D eigenvalue weighted by Crippen LogP contribution is -2.53. The lowest BCUT2D eigenvalue weighted by molar-refractivity contribution is -0.191. The number of ether oxygens (including phenoxy) is 3. The van der Waals surface area contributed by atoms with Crippen LogP contribution >= 0.6 is 18.2 Å². The smallest absolute Gasteiger partial charge is 0.330 e. The maximum absolute atomic E-state index is 14.5. The number of rotatable bonds is 13. The standard InChI is InChI=1S/C22H34ClF2N4O10PS/c1-9(2)37-18(33)11(5)27-40(41,28-12(6)19(34)38-10(3)4)36-8-22(20(24)25)15(31)14(30)17(39-22)29-7-13(23)16(32)26-21(29)35/h7,9-12,14-15,17,20,30-31H,8H2,1-6H3,(H,26,32,35)(H2,27,28,41)/t11-,12-,14-,15-,17+,22+/m0/s1. The molecule has 19 heteroatoms. The van der Waals surface area contributed by atoms with Crippen molar-refractivity contribution < 1.29 is 47.3 Å². The van der Waals surface area contributed by atoms with Crippen molar-refractivity contribution in [1.29, 1.82) is 0 Å². The van der Waals surface area contributed by atoms with E-state index in [0.29, 0.717) is 4.57 Å². The topological polar surface area (TPSA) is 190 Å². The van der Waals surface area contributed by atoms with Crippen molar-refractivity contribution in [2.24, 2.45) is 0 Å². The third-order valence-electron chi connectivity index (χ3n) is 5.63. The van der Waals surface area contributed by atoms with Crippen LogP contribution in [-0.2, 0) is 40.1 Å². The largest absolute Gasteiger partial charge is 0.462 e. The van der Waals surface area contributed by atoms with Gasteiger partial charge in [0.05, 0.1) is 18.8 Å². The van der Waals surface area contributed by atoms with E-state index in [2.05, 4.69) is 10.2 Å². The van der Waals surface area contributed by atoms with Crippen LogP contribution in [0.1, 0.15) is 47.8 Å². The Morgan fingerprint density at radius 1 is 1.12 bits per heavy atom. The summed E-state index contributed by atoms with van der Waals surface area (Å²) in [6.07, 6.45) is -10.2. The number of nitrogens with one attached hydrogen (secondary N) is 3. The third-order valence-corrected chi connectivity index (χ3v) is 8.80. The molecule has 0 unspecified atom stereocenters. The Bertz CT molecular complexity index is 1230. The van der Waals surface area contributed by atoms with Gasteiger partial charge in [0.1, 0.15) is 29.3 Å². The van der Waals surface area contributed by atoms with Crippen molar-refractivity contribution >= 4 is 41.9 Å². The number of esters is 2. The summed E-state index contributed by atoms with van der Waals surface area (Å²) in [7, 11) is 0. The van der Waals surface area contributed by atoms with Crippen LogP contribution in [0, 0.1) is 0 Å². The van der Waals surface area contributed by atoms with Gasteiger partial charge in [-0.3, -0.25) is 23.9 Å². The predicted molar refractivity (Wildman–Crippen MR) is 145 cm³/mol. The highest BCUT2D eigenvalue weighted by Gasteiger charge is 2.61. The van der Waals surface area contributed by atoms with Gasteiger partial charge in [-0.1, -0.05) is 11.6 Å². The number of H-pyrrole nitrogens is 1. The van der Waals surface area contributed by atoms with Crippen LogP contribution in [0.5, 0.6) is 0 Å². The molecule has 0 spiro atoms. The molecule has 1 aromatic rings. The summed E-state index contributed by atoms with van der Waals surface area (Å²) in [6.45, 7) is 4.12. The third kappa shape index (κ3) is 8.61. The first-order valence-corrected chi connectivity index (χ1v) is 15.5. The molecule has 0 saturated carbocycles. The SMILES string of the molecule is CC(C)OC(=O)[C@H](C)NP(=S)(N[C@@H](C)C(=O)OC(C)C)OC[C@@]1(C(F)F)O[C@@H](n2cc(Cl)c(=O)[nH]c2=O)[C@@H](O)[C@@H]1O. The van der Waals surface area contributed by atoms with Gasteiger partial charge < -0.3 is 28.9 Å². The normalized spacial score (nSPS) is 24.6. The molecule has 1 saturated heterocycles. The Labute approximate surface area is 243 Å². The van der Waals surface area contributed by atoms with E-state index in [1.54, 1.807) is 27.7 Å². The van der Waals surface area contributed by atoms with Crippen molar-refractivity contribution in [3.05, 3.63) is 32.1 Å². The van der Waals surface area contributed by atoms with Crippen LogP contribution in [-0.4, -0.2) is 86.8 Å². The predicted octanol–water partition coefficient (Wildman–Crippen LogP) is 0.545. The second-order valence-electron chi connectivity index (χ2n) is 9.84. The Balaban J connectivity index is 2.42. The van der Waals surface area contributed by atoms with Gasteiger partial charge in [-0.25, -0.2) is 23.7 Å². The summed E-state index contributed by atoms with van der Waals surface area (Å²) in [5, 5.41) is 26.1. The molecule has 2 heterocycles. The summed E-state index contributed by atoms with van der Waals surface area (Å²) in [6, 6.07) is -2.30. The molecule has 234 valence electrons. The molecular formula is C22H34ClF2N4O10PS. The van der Waals surface area contributed by atoms with Crippen LogP contribution in [0.25, 0.3) is 0 Å². The van der Waals surface area contributed by atoms with Crippen LogP contribution in [0.3, 0.4) is 0 Å². The quantitative estimate of drug-likeness (QED) is 0.147. The monoisotopic (exact) mass is 650 g/mol. The number of alkyl halides is 2. The van der Waals surface area contributed by atoms with Gasteiger partial charge in [-0.2, -0.15) is 0 Å². The fourth-order valence-corrected chi connectivity index (χ4v) is 6.73. The fourth-order valence-electron chi connectivity index (χ4n) is 3.63. The summed E-state index contributed by atoms with van der Waals surface area (Å²) >= 11 is 11.3. The van der Waals surface area contributed by atoms with Gasteiger partial charge in [0.15, 0.2) is 18.4 Å². The van der Waals surface area contributed by atoms with Crippen molar-refractivity contribution in [3.8, 4) is 0 Å². The Morgan fingerprint density at radius 2 is 1.61 bits per heavy atom. The zero-order valence-electron chi connectivity index (χ0n) is 23.0. The second-order valence-corrected chi connectivity index (χ2v) is 13.7. The first-order valence-electron chi connectivity index (χ1n) is 12.4. The highest BCUT2D eigenvalue weighted by Crippen LogP contribution is 2.46. The molecule has 41 heavy (non-hydrogen) atoms. The first kappa shape index (κ1) is 35.4. The van der Waals surface area contributed by atoms with Crippen molar-refractivity contribution in [2.45, 2.75) is 96.3 Å². The molecule has 5 N–H and O–H groups in total. The highest BCUT2D eigenvalue weighted by atomic mass is 35.5. The Morgan fingerprint density at radius 3 is 2.05 bits per heavy atom. The average Bonchev–Trinajstić information content (AvgIpc) is 3.10. The Kier molecular flexibility index (Phi) is 12.2. The van der Waals surface area contributed by atoms with Crippen LogP contribution < -0.4 is 21.4 Å². The minimum atomic E-state index is -3.83. The maximum atomic E-state index is 14.5. The van der Waals surface area contributed by atoms with E-state index in [9.17, 15) is 38.2 Å². The lowest BCUT2D eigenvalue weighted by Gasteiger charge is -2.35. The molecule has 1 fully saturated rings. The minimum absolute atomic E-state index is 0.495. The van der Waals surface area contributed by atoms with E-state index in [4.69, 9.17) is 42.1 Å². The molecule has 2 rings (SSSR count). The summed E-state index contributed by atoms with van der Waals surface area (Å²) in [4.78, 5) is 50.6. The molecule has 1 aliphatic heterocycles. The van der Waals surface area contributed by atoms with Gasteiger partial charge >= 0.3 is 17.6 Å². The zero-order chi connectivity index (χ0) is 31.4. The number of hydrogen-bond donors (Lipinski definition) is 5. The molecule has 6 atom stereocenters. The zero-order valence-corrected chi connectivity index (χ0v) is 25.5. The summed E-state index contributed by atoms with van der Waals surface area (Å²) in [5.74, 6) is -1.52. The molecule has 0 aliphatic carbocycles. The van der Waals surface area contributed by atoms with Crippen molar-refractivity contribution in [3.63, 3.8) is 0 Å². The first-order chi connectivity index (χ1) is 18.8. The second kappa shape index (κ2) is 14.1. The number of carbonyl (C=O) groups excluding carboxylic acids is 2. The fraction of sp³-hybridized carbons (Fsp3) is 0.727. The summed E-state index contributed by atoms with van der Waals surface area (Å²) in [5.41, 5.74) is -5.11. The van der Waals surface area contributed by atoms with Crippen LogP contribution in [0.15, 0.2) is 15.8 Å². The lowest BCUT2D eigenvalue weighted by atomic mass is 9.96. The molecule has 0 amide bonds. The molecule has 0 aromatic carbocycles.